The molecule has 0 fully saturated rings. The summed E-state index contributed by atoms with van der Waals surface area (Å²) < 4.78 is 0.924. The number of hydrogen-bond donors (Lipinski definition) is 1. The molecule has 0 saturated carbocycles. The van der Waals surface area contributed by atoms with Gasteiger partial charge in [-0.15, -0.1) is 19.2 Å². The first-order valence-electron chi connectivity index (χ1n) is 5.41. The van der Waals surface area contributed by atoms with Gasteiger partial charge in [-0.1, -0.05) is 22.0 Å². The maximum atomic E-state index is 12.1. The van der Waals surface area contributed by atoms with Crippen LogP contribution < -0.4 is 0 Å². The van der Waals surface area contributed by atoms with Crippen molar-refractivity contribution in [2.24, 2.45) is 0 Å². The van der Waals surface area contributed by atoms with Crippen molar-refractivity contribution in [3.05, 3.63) is 40.9 Å². The summed E-state index contributed by atoms with van der Waals surface area (Å²) in [6, 6.07) is 5.47. The average Bonchev–Trinajstić information content (AvgIpc) is 2.28. The minimum atomic E-state index is 0.00608. The Bertz CT molecular complexity index is 420. The molecule has 0 aromatic heterocycles. The Hall–Kier alpha value is -0.740. The molecule has 0 unspecified atom stereocenters. The molecule has 0 saturated heterocycles. The number of allylic oxidation sites excluding steroid dienone is 1. The van der Waals surface area contributed by atoms with Gasteiger partial charge in [0.15, 0.2) is 0 Å². The van der Waals surface area contributed by atoms with Crippen LogP contribution in [0.2, 0.25) is 0 Å². The first kappa shape index (κ1) is 14.3. The van der Waals surface area contributed by atoms with Crippen molar-refractivity contribution in [1.82, 2.24) is 4.90 Å². The van der Waals surface area contributed by atoms with Gasteiger partial charge in [-0.05, 0) is 31.0 Å². The quantitative estimate of drug-likeness (QED) is 0.498. The van der Waals surface area contributed by atoms with E-state index in [1.165, 1.54) is 0 Å². The second-order valence-electron chi connectivity index (χ2n) is 3.82. The van der Waals surface area contributed by atoms with E-state index in [1.807, 2.05) is 18.2 Å². The first-order chi connectivity index (χ1) is 8.06. The molecule has 0 spiro atoms. The molecule has 0 N–H and O–H groups in total. The highest BCUT2D eigenvalue weighted by atomic mass is 79.9. The number of unbranched alkanes of at least 4 members (excludes halogenated alkanes) is 1. The number of amides is 1. The molecular formula is C13H16BrNOS. The van der Waals surface area contributed by atoms with Crippen molar-refractivity contribution in [2.75, 3.05) is 13.6 Å². The number of rotatable bonds is 5. The Labute approximate surface area is 116 Å². The molecule has 0 aliphatic heterocycles. The summed E-state index contributed by atoms with van der Waals surface area (Å²) >= 11 is 7.67. The summed E-state index contributed by atoms with van der Waals surface area (Å²) in [5.74, 6) is 0.00608. The third-order valence-corrected chi connectivity index (χ3v) is 3.30. The van der Waals surface area contributed by atoms with Gasteiger partial charge in [0, 0.05) is 23.0 Å². The topological polar surface area (TPSA) is 20.3 Å². The smallest absolute Gasteiger partial charge is 0.254 e. The van der Waals surface area contributed by atoms with E-state index in [1.54, 1.807) is 18.0 Å². The summed E-state index contributed by atoms with van der Waals surface area (Å²) in [5.41, 5.74) is 0.637. The van der Waals surface area contributed by atoms with Crippen molar-refractivity contribution in [2.45, 2.75) is 17.7 Å². The lowest BCUT2D eigenvalue weighted by Gasteiger charge is -2.17. The van der Waals surface area contributed by atoms with E-state index in [4.69, 9.17) is 0 Å². The molecule has 0 aliphatic rings. The van der Waals surface area contributed by atoms with Crippen LogP contribution in [-0.4, -0.2) is 24.4 Å². The van der Waals surface area contributed by atoms with E-state index in [-0.39, 0.29) is 5.91 Å². The predicted octanol–water partition coefficient (Wildman–Crippen LogP) is 3.78. The van der Waals surface area contributed by atoms with Crippen LogP contribution >= 0.6 is 28.6 Å². The maximum absolute atomic E-state index is 12.1. The van der Waals surface area contributed by atoms with Gasteiger partial charge in [-0.3, -0.25) is 4.79 Å². The van der Waals surface area contributed by atoms with E-state index in [0.29, 0.717) is 10.5 Å². The van der Waals surface area contributed by atoms with Crippen LogP contribution in [-0.2, 0) is 0 Å². The van der Waals surface area contributed by atoms with Gasteiger partial charge in [-0.25, -0.2) is 0 Å². The Balaban J connectivity index is 2.71. The van der Waals surface area contributed by atoms with Crippen LogP contribution in [0.5, 0.6) is 0 Å². The van der Waals surface area contributed by atoms with Gasteiger partial charge in [-0.2, -0.15) is 0 Å². The Morgan fingerprint density at radius 1 is 1.59 bits per heavy atom. The van der Waals surface area contributed by atoms with E-state index in [2.05, 4.69) is 35.1 Å². The lowest BCUT2D eigenvalue weighted by atomic mass is 10.2. The number of thiol groups is 1. The van der Waals surface area contributed by atoms with Gasteiger partial charge in [0.25, 0.3) is 5.91 Å². The van der Waals surface area contributed by atoms with Gasteiger partial charge >= 0.3 is 0 Å². The minimum Gasteiger partial charge on any atom is -0.342 e. The molecule has 4 heteroatoms. The summed E-state index contributed by atoms with van der Waals surface area (Å²) in [4.78, 5) is 14.5. The molecule has 1 aromatic rings. The molecule has 1 amide bonds. The highest BCUT2D eigenvalue weighted by Gasteiger charge is 2.13. The van der Waals surface area contributed by atoms with Crippen LogP contribution in [0, 0.1) is 0 Å². The third kappa shape index (κ3) is 4.21. The van der Waals surface area contributed by atoms with Crippen LogP contribution in [0.1, 0.15) is 23.2 Å². The fraction of sp³-hybridized carbons (Fsp3) is 0.308. The van der Waals surface area contributed by atoms with Gasteiger partial charge in [0.05, 0.1) is 5.56 Å². The van der Waals surface area contributed by atoms with Crippen molar-refractivity contribution in [3.8, 4) is 0 Å². The van der Waals surface area contributed by atoms with E-state index >= 15 is 0 Å². The van der Waals surface area contributed by atoms with Gasteiger partial charge < -0.3 is 4.90 Å². The number of hydrogen-bond acceptors (Lipinski definition) is 2. The average molecular weight is 314 g/mol. The molecule has 1 rings (SSSR count). The van der Waals surface area contributed by atoms with Crippen LogP contribution in [0.25, 0.3) is 0 Å². The van der Waals surface area contributed by atoms with Crippen LogP contribution in [0.15, 0.2) is 40.2 Å². The normalized spacial score (nSPS) is 10.1. The molecule has 0 atom stereocenters. The lowest BCUT2D eigenvalue weighted by molar-refractivity contribution is 0.0790. The van der Waals surface area contributed by atoms with Crippen LogP contribution in [0.4, 0.5) is 0 Å². The monoisotopic (exact) mass is 313 g/mol. The largest absolute Gasteiger partial charge is 0.342 e. The van der Waals surface area contributed by atoms with E-state index < -0.39 is 0 Å². The van der Waals surface area contributed by atoms with Crippen molar-refractivity contribution in [3.63, 3.8) is 0 Å². The zero-order valence-electron chi connectivity index (χ0n) is 9.82. The van der Waals surface area contributed by atoms with Crippen molar-refractivity contribution >= 4 is 34.5 Å². The van der Waals surface area contributed by atoms with E-state index in [0.717, 1.165) is 23.9 Å². The molecule has 17 heavy (non-hydrogen) atoms. The van der Waals surface area contributed by atoms with Crippen LogP contribution in [0.3, 0.4) is 0 Å². The molecule has 92 valence electrons. The SMILES string of the molecule is C=CCCCN(C)C(=O)c1ccc(Br)cc1S. The minimum absolute atomic E-state index is 0.00608. The summed E-state index contributed by atoms with van der Waals surface area (Å²) in [6.45, 7) is 4.39. The molecule has 0 radical (unpaired) electrons. The number of benzene rings is 1. The Morgan fingerprint density at radius 2 is 2.29 bits per heavy atom. The summed E-state index contributed by atoms with van der Waals surface area (Å²) in [7, 11) is 1.81. The fourth-order valence-electron chi connectivity index (χ4n) is 1.47. The molecule has 0 aliphatic carbocycles. The highest BCUT2D eigenvalue weighted by Crippen LogP contribution is 2.21. The maximum Gasteiger partial charge on any atom is 0.254 e. The molecular weight excluding hydrogens is 298 g/mol. The molecule has 1 aromatic carbocycles. The zero-order valence-corrected chi connectivity index (χ0v) is 12.3. The number of carbonyl (C=O) groups excluding carboxylic acids is 1. The zero-order chi connectivity index (χ0) is 12.8. The van der Waals surface area contributed by atoms with Crippen molar-refractivity contribution < 1.29 is 4.79 Å². The van der Waals surface area contributed by atoms with Crippen molar-refractivity contribution in [1.29, 1.82) is 0 Å². The number of carbonyl (C=O) groups is 1. The second-order valence-corrected chi connectivity index (χ2v) is 5.22. The molecule has 0 heterocycles. The summed E-state index contributed by atoms with van der Waals surface area (Å²) in [5, 5.41) is 0. The predicted molar refractivity (Wildman–Crippen MR) is 77.8 cm³/mol. The Morgan fingerprint density at radius 3 is 2.88 bits per heavy atom. The second kappa shape index (κ2) is 6.87. The molecule has 0 bridgehead atoms. The third-order valence-electron chi connectivity index (χ3n) is 2.44. The van der Waals surface area contributed by atoms with Gasteiger partial charge in [0.1, 0.15) is 0 Å². The van der Waals surface area contributed by atoms with E-state index in [9.17, 15) is 4.79 Å². The highest BCUT2D eigenvalue weighted by molar-refractivity contribution is 9.10. The first-order valence-corrected chi connectivity index (χ1v) is 6.65. The lowest BCUT2D eigenvalue weighted by Crippen LogP contribution is -2.28. The van der Waals surface area contributed by atoms with Gasteiger partial charge in [0.2, 0.25) is 0 Å². The number of nitrogens with zero attached hydrogens (tertiary/aromatic N) is 1. The Kier molecular flexibility index (Phi) is 5.78. The number of halogens is 1. The fourth-order valence-corrected chi connectivity index (χ4v) is 2.31. The standard InChI is InChI=1S/C13H16BrNOS/c1-3-4-5-8-15(2)13(16)11-7-6-10(14)9-12(11)17/h3,6-7,9,17H,1,4-5,8H2,2H3. The molecule has 2 nitrogen and oxygen atoms in total. The summed E-state index contributed by atoms with van der Waals surface area (Å²) in [6.07, 6.45) is 3.72.